The Kier molecular flexibility index (Phi) is 3.77. The van der Waals surface area contributed by atoms with Crippen LogP contribution in [0.4, 0.5) is 11.6 Å². The predicted octanol–water partition coefficient (Wildman–Crippen LogP) is 2.75. The molecule has 0 aliphatic heterocycles. The summed E-state index contributed by atoms with van der Waals surface area (Å²) in [5.74, 6) is 2.43. The van der Waals surface area contributed by atoms with E-state index in [0.717, 1.165) is 24.0 Å². The molecule has 0 fully saturated rings. The number of aryl methyl sites for hydroxylation is 2. The topological polar surface area (TPSA) is 49.8 Å². The van der Waals surface area contributed by atoms with E-state index >= 15 is 0 Å². The third kappa shape index (κ3) is 2.97. The van der Waals surface area contributed by atoms with Crippen LogP contribution in [0.15, 0.2) is 30.3 Å². The van der Waals surface area contributed by atoms with Crippen LogP contribution in [0, 0.1) is 13.8 Å². The molecule has 0 atom stereocenters. The summed E-state index contributed by atoms with van der Waals surface area (Å²) in [6, 6.07) is 10.2. The second-order valence-electron chi connectivity index (χ2n) is 4.22. The van der Waals surface area contributed by atoms with E-state index in [1.807, 2.05) is 32.2 Å². The number of hydrogen-bond donors (Lipinski definition) is 2. The molecule has 0 bridgehead atoms. The highest BCUT2D eigenvalue weighted by molar-refractivity contribution is 5.47. The van der Waals surface area contributed by atoms with Crippen molar-refractivity contribution in [1.29, 1.82) is 0 Å². The Morgan fingerprint density at radius 3 is 2.50 bits per heavy atom. The average molecular weight is 242 g/mol. The van der Waals surface area contributed by atoms with Gasteiger partial charge in [-0.25, -0.2) is 9.97 Å². The molecule has 4 heteroatoms. The van der Waals surface area contributed by atoms with Gasteiger partial charge in [-0.1, -0.05) is 24.3 Å². The Hall–Kier alpha value is -2.10. The number of aromatic nitrogens is 2. The van der Waals surface area contributed by atoms with Gasteiger partial charge in [0, 0.05) is 19.7 Å². The summed E-state index contributed by atoms with van der Waals surface area (Å²) < 4.78 is 0. The van der Waals surface area contributed by atoms with E-state index in [1.54, 1.807) is 0 Å². The molecule has 0 saturated heterocycles. The number of benzene rings is 1. The molecule has 2 N–H and O–H groups in total. The van der Waals surface area contributed by atoms with Crippen LogP contribution in [-0.2, 0) is 6.54 Å². The maximum absolute atomic E-state index is 4.36. The molecular weight excluding hydrogens is 224 g/mol. The van der Waals surface area contributed by atoms with Crippen LogP contribution in [0.3, 0.4) is 0 Å². The molecule has 18 heavy (non-hydrogen) atoms. The molecule has 0 saturated carbocycles. The van der Waals surface area contributed by atoms with Crippen molar-refractivity contribution in [3.63, 3.8) is 0 Å². The molecule has 2 aromatic rings. The van der Waals surface area contributed by atoms with Gasteiger partial charge in [0.25, 0.3) is 0 Å². The van der Waals surface area contributed by atoms with Crippen LogP contribution in [0.5, 0.6) is 0 Å². The third-order valence-corrected chi connectivity index (χ3v) is 2.82. The lowest BCUT2D eigenvalue weighted by Crippen LogP contribution is -2.05. The van der Waals surface area contributed by atoms with E-state index in [9.17, 15) is 0 Å². The van der Waals surface area contributed by atoms with Gasteiger partial charge in [0.15, 0.2) is 0 Å². The first-order valence-electron chi connectivity index (χ1n) is 6.01. The average Bonchev–Trinajstić information content (AvgIpc) is 2.37. The largest absolute Gasteiger partial charge is 0.373 e. The van der Waals surface area contributed by atoms with E-state index in [-0.39, 0.29) is 0 Å². The molecule has 0 unspecified atom stereocenters. The number of hydrogen-bond acceptors (Lipinski definition) is 4. The smallest absolute Gasteiger partial charge is 0.132 e. The molecule has 1 aromatic heterocycles. The second-order valence-corrected chi connectivity index (χ2v) is 4.22. The Balaban J connectivity index is 2.11. The van der Waals surface area contributed by atoms with Crippen molar-refractivity contribution in [3.8, 4) is 0 Å². The number of nitrogens with zero attached hydrogens (tertiary/aromatic N) is 2. The number of rotatable bonds is 4. The molecule has 4 nitrogen and oxygen atoms in total. The summed E-state index contributed by atoms with van der Waals surface area (Å²) in [7, 11) is 1.85. The van der Waals surface area contributed by atoms with Gasteiger partial charge in [0.1, 0.15) is 17.5 Å². The van der Waals surface area contributed by atoms with Crippen molar-refractivity contribution in [3.05, 3.63) is 47.3 Å². The highest BCUT2D eigenvalue weighted by atomic mass is 15.1. The lowest BCUT2D eigenvalue weighted by atomic mass is 10.1. The summed E-state index contributed by atoms with van der Waals surface area (Å²) >= 11 is 0. The zero-order chi connectivity index (χ0) is 13.0. The van der Waals surface area contributed by atoms with Gasteiger partial charge in [-0.05, 0) is 25.0 Å². The monoisotopic (exact) mass is 242 g/mol. The highest BCUT2D eigenvalue weighted by Crippen LogP contribution is 2.13. The summed E-state index contributed by atoms with van der Waals surface area (Å²) in [5.41, 5.74) is 2.56. The van der Waals surface area contributed by atoms with E-state index in [1.165, 1.54) is 11.1 Å². The molecular formula is C14H18N4. The van der Waals surface area contributed by atoms with Gasteiger partial charge in [0.2, 0.25) is 0 Å². The molecule has 1 heterocycles. The molecule has 0 aliphatic rings. The first kappa shape index (κ1) is 12.4. The normalized spacial score (nSPS) is 10.2. The van der Waals surface area contributed by atoms with Crippen LogP contribution >= 0.6 is 0 Å². The summed E-state index contributed by atoms with van der Waals surface area (Å²) in [6.45, 7) is 4.77. The lowest BCUT2D eigenvalue weighted by Gasteiger charge is -2.10. The SMILES string of the molecule is CNc1cc(NCc2ccccc2C)nc(C)n1. The summed E-state index contributed by atoms with van der Waals surface area (Å²) in [4.78, 5) is 8.63. The Labute approximate surface area is 107 Å². The van der Waals surface area contributed by atoms with Crippen molar-refractivity contribution in [2.75, 3.05) is 17.7 Å². The minimum Gasteiger partial charge on any atom is -0.373 e. The summed E-state index contributed by atoms with van der Waals surface area (Å²) in [5, 5.41) is 6.35. The fourth-order valence-corrected chi connectivity index (χ4v) is 1.78. The minimum atomic E-state index is 0.758. The van der Waals surface area contributed by atoms with Crippen LogP contribution in [-0.4, -0.2) is 17.0 Å². The number of nitrogens with one attached hydrogen (secondary N) is 2. The van der Waals surface area contributed by atoms with Crippen LogP contribution in [0.1, 0.15) is 17.0 Å². The van der Waals surface area contributed by atoms with Crippen LogP contribution in [0.25, 0.3) is 0 Å². The van der Waals surface area contributed by atoms with Crippen molar-refractivity contribution in [2.24, 2.45) is 0 Å². The molecule has 0 spiro atoms. The minimum absolute atomic E-state index is 0.758. The van der Waals surface area contributed by atoms with Gasteiger partial charge >= 0.3 is 0 Å². The zero-order valence-electron chi connectivity index (χ0n) is 11.0. The maximum Gasteiger partial charge on any atom is 0.132 e. The molecule has 94 valence electrons. The first-order chi connectivity index (χ1) is 8.69. The van der Waals surface area contributed by atoms with Crippen LogP contribution < -0.4 is 10.6 Å². The lowest BCUT2D eigenvalue weighted by molar-refractivity contribution is 1.02. The molecule has 0 amide bonds. The predicted molar refractivity (Wildman–Crippen MR) is 74.8 cm³/mol. The zero-order valence-corrected chi connectivity index (χ0v) is 11.0. The van der Waals surface area contributed by atoms with Crippen molar-refractivity contribution >= 4 is 11.6 Å². The Morgan fingerprint density at radius 1 is 1.06 bits per heavy atom. The van der Waals surface area contributed by atoms with Crippen molar-refractivity contribution in [2.45, 2.75) is 20.4 Å². The van der Waals surface area contributed by atoms with Gasteiger partial charge in [0.05, 0.1) is 0 Å². The van der Waals surface area contributed by atoms with Crippen molar-refractivity contribution < 1.29 is 0 Å². The van der Waals surface area contributed by atoms with Gasteiger partial charge in [-0.3, -0.25) is 0 Å². The molecule has 0 radical (unpaired) electrons. The fraction of sp³-hybridized carbons (Fsp3) is 0.286. The van der Waals surface area contributed by atoms with Crippen LogP contribution in [0.2, 0.25) is 0 Å². The summed E-state index contributed by atoms with van der Waals surface area (Å²) in [6.07, 6.45) is 0. The second kappa shape index (κ2) is 5.49. The van der Waals surface area contributed by atoms with E-state index in [4.69, 9.17) is 0 Å². The van der Waals surface area contributed by atoms with Crippen molar-refractivity contribution in [1.82, 2.24) is 9.97 Å². The number of anilines is 2. The standard InChI is InChI=1S/C14H18N4/c1-10-6-4-5-7-12(10)9-16-14-8-13(15-3)17-11(2)18-14/h4-8H,9H2,1-3H3,(H2,15,16,17,18). The molecule has 0 aliphatic carbocycles. The quantitative estimate of drug-likeness (QED) is 0.865. The van der Waals surface area contributed by atoms with Gasteiger partial charge in [-0.15, -0.1) is 0 Å². The fourth-order valence-electron chi connectivity index (χ4n) is 1.78. The van der Waals surface area contributed by atoms with E-state index in [2.05, 4.69) is 39.7 Å². The highest BCUT2D eigenvalue weighted by Gasteiger charge is 2.01. The molecule has 2 rings (SSSR count). The van der Waals surface area contributed by atoms with Gasteiger partial charge < -0.3 is 10.6 Å². The van der Waals surface area contributed by atoms with E-state index in [0.29, 0.717) is 0 Å². The van der Waals surface area contributed by atoms with Gasteiger partial charge in [-0.2, -0.15) is 0 Å². The third-order valence-electron chi connectivity index (χ3n) is 2.82. The molecule has 1 aromatic carbocycles. The maximum atomic E-state index is 4.36. The Bertz CT molecular complexity index is 537. The Morgan fingerprint density at radius 2 is 1.78 bits per heavy atom. The van der Waals surface area contributed by atoms with E-state index < -0.39 is 0 Å². The first-order valence-corrected chi connectivity index (χ1v) is 6.01.